The fraction of sp³-hybridized carbons (Fsp3) is 0.400. The molecule has 1 amide bonds. The van der Waals surface area contributed by atoms with Crippen LogP contribution < -0.4 is 4.74 Å². The van der Waals surface area contributed by atoms with Crippen molar-refractivity contribution in [2.45, 2.75) is 12.8 Å². The highest BCUT2D eigenvalue weighted by Crippen LogP contribution is 2.27. The minimum atomic E-state index is -4.76. The van der Waals surface area contributed by atoms with Gasteiger partial charge < -0.3 is 19.7 Å². The average molecular weight is 328 g/mol. The van der Waals surface area contributed by atoms with Gasteiger partial charge in [0.2, 0.25) is 0 Å². The molecule has 1 aliphatic rings. The van der Waals surface area contributed by atoms with Gasteiger partial charge in [0.15, 0.2) is 0 Å². The highest BCUT2D eigenvalue weighted by molar-refractivity contribution is 5.98. The van der Waals surface area contributed by atoms with Gasteiger partial charge in [-0.25, -0.2) is 0 Å². The lowest BCUT2D eigenvalue weighted by Gasteiger charge is -2.14. The van der Waals surface area contributed by atoms with Crippen LogP contribution in [0, 0.1) is 5.92 Å². The molecule has 1 atom stereocenters. The molecule has 1 aromatic heterocycles. The van der Waals surface area contributed by atoms with Crippen molar-refractivity contribution in [3.05, 3.63) is 30.0 Å². The number of aliphatic hydroxyl groups is 1. The first kappa shape index (κ1) is 15.7. The lowest BCUT2D eigenvalue weighted by Crippen LogP contribution is -2.29. The second kappa shape index (κ2) is 5.77. The van der Waals surface area contributed by atoms with E-state index in [1.165, 1.54) is 18.2 Å². The summed E-state index contributed by atoms with van der Waals surface area (Å²) >= 11 is 0. The molecule has 1 fully saturated rings. The standard InChI is InChI=1S/C15H15F3N2O3/c16-15(17,18)23-11-2-1-10-5-13(19-12(10)6-11)14(22)20-4-3-9(7-20)8-21/h1-2,5-6,9,19,21H,3-4,7-8H2. The van der Waals surface area contributed by atoms with Crippen LogP contribution >= 0.6 is 0 Å². The first-order valence-electron chi connectivity index (χ1n) is 7.14. The van der Waals surface area contributed by atoms with Crippen molar-refractivity contribution in [2.24, 2.45) is 5.92 Å². The average Bonchev–Trinajstić information content (AvgIpc) is 3.10. The van der Waals surface area contributed by atoms with Crippen LogP contribution in [0.4, 0.5) is 13.2 Å². The van der Waals surface area contributed by atoms with E-state index in [9.17, 15) is 18.0 Å². The predicted molar refractivity (Wildman–Crippen MR) is 76.1 cm³/mol. The number of hydrogen-bond donors (Lipinski definition) is 2. The van der Waals surface area contributed by atoms with Gasteiger partial charge in [0.1, 0.15) is 11.4 Å². The summed E-state index contributed by atoms with van der Waals surface area (Å²) in [7, 11) is 0. The summed E-state index contributed by atoms with van der Waals surface area (Å²) in [6.07, 6.45) is -4.01. The number of alkyl halides is 3. The van der Waals surface area contributed by atoms with Gasteiger partial charge in [-0.1, -0.05) is 0 Å². The van der Waals surface area contributed by atoms with Gasteiger partial charge in [-0.15, -0.1) is 13.2 Å². The second-order valence-electron chi connectivity index (χ2n) is 5.57. The molecular formula is C15H15F3N2O3. The number of ether oxygens (including phenoxy) is 1. The van der Waals surface area contributed by atoms with Crippen LogP contribution in [0.2, 0.25) is 0 Å². The number of hydrogen-bond acceptors (Lipinski definition) is 3. The van der Waals surface area contributed by atoms with E-state index in [1.807, 2.05) is 0 Å². The van der Waals surface area contributed by atoms with Gasteiger partial charge >= 0.3 is 6.36 Å². The van der Waals surface area contributed by atoms with Crippen molar-refractivity contribution >= 4 is 16.8 Å². The summed E-state index contributed by atoms with van der Waals surface area (Å²) in [4.78, 5) is 16.8. The Labute approximate surface area is 129 Å². The molecule has 0 bridgehead atoms. The monoisotopic (exact) mass is 328 g/mol. The molecule has 1 aromatic carbocycles. The van der Waals surface area contributed by atoms with Crippen LogP contribution in [0.5, 0.6) is 5.75 Å². The molecule has 1 saturated heterocycles. The third kappa shape index (κ3) is 3.42. The molecule has 8 heteroatoms. The molecular weight excluding hydrogens is 313 g/mol. The lowest BCUT2D eigenvalue weighted by molar-refractivity contribution is -0.274. The first-order valence-corrected chi connectivity index (χ1v) is 7.14. The zero-order chi connectivity index (χ0) is 16.6. The van der Waals surface area contributed by atoms with Crippen LogP contribution in [0.15, 0.2) is 24.3 Å². The Hall–Kier alpha value is -2.22. The van der Waals surface area contributed by atoms with Crippen molar-refractivity contribution in [3.8, 4) is 5.75 Å². The first-order chi connectivity index (χ1) is 10.9. The highest BCUT2D eigenvalue weighted by atomic mass is 19.4. The lowest BCUT2D eigenvalue weighted by atomic mass is 10.1. The van der Waals surface area contributed by atoms with Crippen molar-refractivity contribution in [3.63, 3.8) is 0 Å². The molecule has 0 spiro atoms. The number of carbonyl (C=O) groups excluding carboxylic acids is 1. The van der Waals surface area contributed by atoms with Crippen molar-refractivity contribution in [1.29, 1.82) is 0 Å². The maximum absolute atomic E-state index is 12.4. The summed E-state index contributed by atoms with van der Waals surface area (Å²) in [5, 5.41) is 9.75. The number of H-pyrrole nitrogens is 1. The quantitative estimate of drug-likeness (QED) is 0.910. The number of nitrogens with zero attached hydrogens (tertiary/aromatic N) is 1. The molecule has 2 aromatic rings. The van der Waals surface area contributed by atoms with Crippen molar-refractivity contribution in [1.82, 2.24) is 9.88 Å². The maximum Gasteiger partial charge on any atom is 0.573 e. The van der Waals surface area contributed by atoms with E-state index in [1.54, 1.807) is 11.0 Å². The number of amides is 1. The highest BCUT2D eigenvalue weighted by Gasteiger charge is 2.31. The molecule has 1 unspecified atom stereocenters. The maximum atomic E-state index is 12.4. The molecule has 124 valence electrons. The van der Waals surface area contributed by atoms with Crippen LogP contribution in [0.25, 0.3) is 10.9 Å². The summed E-state index contributed by atoms with van der Waals surface area (Å²) in [5.74, 6) is -0.488. The van der Waals surface area contributed by atoms with E-state index < -0.39 is 6.36 Å². The Kier molecular flexibility index (Phi) is 3.93. The van der Waals surface area contributed by atoms with Gasteiger partial charge in [-0.3, -0.25) is 4.79 Å². The second-order valence-corrected chi connectivity index (χ2v) is 5.57. The Balaban J connectivity index is 1.81. The van der Waals surface area contributed by atoms with Crippen LogP contribution in [-0.4, -0.2) is 47.0 Å². The number of aromatic amines is 1. The number of aliphatic hydroxyl groups excluding tert-OH is 1. The Bertz CT molecular complexity index is 726. The molecule has 2 N–H and O–H groups in total. The van der Waals surface area contributed by atoms with E-state index >= 15 is 0 Å². The predicted octanol–water partition coefficient (Wildman–Crippen LogP) is 2.52. The third-order valence-electron chi connectivity index (χ3n) is 3.89. The molecule has 2 heterocycles. The summed E-state index contributed by atoms with van der Waals surface area (Å²) in [6.45, 7) is 1.07. The van der Waals surface area contributed by atoms with E-state index in [4.69, 9.17) is 5.11 Å². The van der Waals surface area contributed by atoms with Crippen LogP contribution in [0.3, 0.4) is 0 Å². The number of likely N-dealkylation sites (tertiary alicyclic amines) is 1. The van der Waals surface area contributed by atoms with Crippen molar-refractivity contribution < 1.29 is 27.8 Å². The molecule has 0 radical (unpaired) electrons. The fourth-order valence-electron chi connectivity index (χ4n) is 2.75. The normalized spacial score (nSPS) is 18.6. The SMILES string of the molecule is O=C(c1cc2ccc(OC(F)(F)F)cc2[nH]1)N1CCC(CO)C1. The van der Waals surface area contributed by atoms with Gasteiger partial charge in [-0.2, -0.15) is 0 Å². The summed E-state index contributed by atoms with van der Waals surface area (Å²) in [6, 6.07) is 5.47. The summed E-state index contributed by atoms with van der Waals surface area (Å²) < 4.78 is 40.6. The van der Waals surface area contributed by atoms with Crippen LogP contribution in [-0.2, 0) is 0 Å². The molecule has 23 heavy (non-hydrogen) atoms. The van der Waals surface area contributed by atoms with E-state index in [0.717, 1.165) is 6.42 Å². The molecule has 0 aliphatic carbocycles. The number of benzene rings is 1. The van der Waals surface area contributed by atoms with Gasteiger partial charge in [0, 0.05) is 42.6 Å². The zero-order valence-corrected chi connectivity index (χ0v) is 12.1. The number of halogens is 3. The minimum Gasteiger partial charge on any atom is -0.406 e. The summed E-state index contributed by atoms with van der Waals surface area (Å²) in [5.41, 5.74) is 0.704. The van der Waals surface area contributed by atoms with E-state index in [0.29, 0.717) is 29.7 Å². The van der Waals surface area contributed by atoms with Crippen LogP contribution in [0.1, 0.15) is 16.9 Å². The Morgan fingerprint density at radius 3 is 2.83 bits per heavy atom. The number of rotatable bonds is 3. The zero-order valence-electron chi connectivity index (χ0n) is 12.1. The van der Waals surface area contributed by atoms with Gasteiger partial charge in [0.05, 0.1) is 0 Å². The largest absolute Gasteiger partial charge is 0.573 e. The fourth-order valence-corrected chi connectivity index (χ4v) is 2.75. The number of carbonyl (C=O) groups is 1. The Morgan fingerprint density at radius 2 is 2.17 bits per heavy atom. The number of fused-ring (bicyclic) bond motifs is 1. The smallest absolute Gasteiger partial charge is 0.406 e. The van der Waals surface area contributed by atoms with Gasteiger partial charge in [0.25, 0.3) is 5.91 Å². The topological polar surface area (TPSA) is 65.6 Å². The Morgan fingerprint density at radius 1 is 1.39 bits per heavy atom. The van der Waals surface area contributed by atoms with E-state index in [-0.39, 0.29) is 24.2 Å². The van der Waals surface area contributed by atoms with Crippen molar-refractivity contribution in [2.75, 3.05) is 19.7 Å². The molecule has 0 saturated carbocycles. The molecule has 1 aliphatic heterocycles. The van der Waals surface area contributed by atoms with Gasteiger partial charge in [-0.05, 0) is 24.6 Å². The number of aromatic nitrogens is 1. The molecule has 3 rings (SSSR count). The number of nitrogens with one attached hydrogen (secondary N) is 1. The minimum absolute atomic E-state index is 0.0363. The van der Waals surface area contributed by atoms with E-state index in [2.05, 4.69) is 9.72 Å². The third-order valence-corrected chi connectivity index (χ3v) is 3.89. The molecule has 5 nitrogen and oxygen atoms in total.